The van der Waals surface area contributed by atoms with Gasteiger partial charge in [0.15, 0.2) is 0 Å². The van der Waals surface area contributed by atoms with E-state index in [1.807, 2.05) is 170 Å². The van der Waals surface area contributed by atoms with Crippen LogP contribution in [0.5, 0.6) is 23.0 Å². The van der Waals surface area contributed by atoms with Crippen LogP contribution in [-0.2, 0) is 25.8 Å². The number of phenolic OH excluding ortho intramolecular Hbond substituents is 4. The molecule has 0 unspecified atom stereocenters. The fourth-order valence-electron chi connectivity index (χ4n) is 6.57. The Kier molecular flexibility index (Phi) is 14.5. The second kappa shape index (κ2) is 20.9. The van der Waals surface area contributed by atoms with Crippen LogP contribution >= 0.6 is 45.3 Å². The molecule has 0 aliphatic heterocycles. The fourth-order valence-corrected chi connectivity index (χ4v) is 10.6. The average Bonchev–Trinajstić information content (AvgIpc) is 4.15. The van der Waals surface area contributed by atoms with Gasteiger partial charge in [-0.1, -0.05) is 97.1 Å². The van der Waals surface area contributed by atoms with Crippen molar-refractivity contribution >= 4 is 86.2 Å². The van der Waals surface area contributed by atoms with Crippen molar-refractivity contribution in [3.63, 3.8) is 0 Å². The SMILES string of the molecule is Oc1ccccc1-c1nc2ccccc2s1.Oc1ccccc1-c1nc2ccccc2s1.Oc1ccccc1-c1nc2ccccc2s1.Oc1ccccc1-c1nc2ccccc2s1.[Hf]. The standard InChI is InChI=1S/4C13H9NOS.Hf/c4*15-11-7-3-1-5-9(11)13-14-10-6-2-4-8-12(10)16-13;/h4*1-8,15H;. The first kappa shape index (κ1) is 45.0. The van der Waals surface area contributed by atoms with Gasteiger partial charge in [-0.25, -0.2) is 19.9 Å². The van der Waals surface area contributed by atoms with E-state index in [1.165, 1.54) is 0 Å². The van der Waals surface area contributed by atoms with E-state index in [1.54, 1.807) is 69.6 Å². The van der Waals surface area contributed by atoms with Crippen molar-refractivity contribution in [3.8, 4) is 65.3 Å². The van der Waals surface area contributed by atoms with Crippen LogP contribution < -0.4 is 0 Å². The number of aromatic hydroxyl groups is 4. The van der Waals surface area contributed by atoms with Gasteiger partial charge in [-0.05, 0) is 97.1 Å². The summed E-state index contributed by atoms with van der Waals surface area (Å²) in [6, 6.07) is 61.1. The van der Waals surface area contributed by atoms with E-state index < -0.39 is 0 Å². The molecule has 8 aromatic carbocycles. The molecule has 0 amide bonds. The molecule has 65 heavy (non-hydrogen) atoms. The molecule has 0 fully saturated rings. The first-order valence-corrected chi connectivity index (χ1v) is 23.2. The van der Waals surface area contributed by atoms with Crippen LogP contribution in [-0.4, -0.2) is 40.4 Å². The van der Waals surface area contributed by atoms with Gasteiger partial charge in [-0.2, -0.15) is 0 Å². The second-order valence-corrected chi connectivity index (χ2v) is 18.1. The number of para-hydroxylation sites is 8. The first-order chi connectivity index (χ1) is 31.4. The van der Waals surface area contributed by atoms with Gasteiger partial charge in [-0.3, -0.25) is 0 Å². The van der Waals surface area contributed by atoms with Crippen molar-refractivity contribution < 1.29 is 46.3 Å². The molecule has 12 rings (SSSR count). The number of phenols is 4. The van der Waals surface area contributed by atoms with Crippen molar-refractivity contribution in [2.45, 2.75) is 0 Å². The largest absolute Gasteiger partial charge is 0.507 e. The molecule has 0 aliphatic carbocycles. The number of rotatable bonds is 4. The van der Waals surface area contributed by atoms with Gasteiger partial charge < -0.3 is 20.4 Å². The Balaban J connectivity index is 0.000000118. The van der Waals surface area contributed by atoms with Crippen LogP contribution in [0.25, 0.3) is 83.2 Å². The van der Waals surface area contributed by atoms with Crippen LogP contribution in [0.2, 0.25) is 0 Å². The summed E-state index contributed by atoms with van der Waals surface area (Å²) in [5.74, 6) is 1.12. The third-order valence-corrected chi connectivity index (χ3v) is 14.0. The van der Waals surface area contributed by atoms with Crippen LogP contribution in [0.4, 0.5) is 0 Å². The first-order valence-electron chi connectivity index (χ1n) is 19.9. The summed E-state index contributed by atoms with van der Waals surface area (Å²) in [7, 11) is 0. The van der Waals surface area contributed by atoms with E-state index in [9.17, 15) is 20.4 Å². The molecule has 4 N–H and O–H groups in total. The zero-order valence-corrected chi connectivity index (χ0v) is 41.0. The van der Waals surface area contributed by atoms with Crippen LogP contribution in [0, 0.1) is 0 Å². The second-order valence-electron chi connectivity index (χ2n) is 14.0. The minimum absolute atomic E-state index is 0. The van der Waals surface area contributed by atoms with Gasteiger partial charge in [0, 0.05) is 25.8 Å². The van der Waals surface area contributed by atoms with Crippen molar-refractivity contribution in [1.82, 2.24) is 19.9 Å². The number of benzene rings is 8. The molecule has 0 aliphatic rings. The summed E-state index contributed by atoms with van der Waals surface area (Å²) in [6.07, 6.45) is 0. The topological polar surface area (TPSA) is 132 Å². The maximum absolute atomic E-state index is 9.76. The van der Waals surface area contributed by atoms with Gasteiger partial charge in [0.2, 0.25) is 0 Å². The Morgan fingerprint density at radius 1 is 0.246 bits per heavy atom. The molecule has 0 spiro atoms. The van der Waals surface area contributed by atoms with Gasteiger partial charge in [0.05, 0.1) is 63.1 Å². The Labute approximate surface area is 408 Å². The predicted octanol–water partition coefficient (Wildman–Crippen LogP) is 14.7. The van der Waals surface area contributed by atoms with E-state index in [4.69, 9.17) is 0 Å². The third-order valence-electron chi connectivity index (χ3n) is 9.71. The van der Waals surface area contributed by atoms with Gasteiger partial charge in [0.25, 0.3) is 0 Å². The number of hydrogen-bond donors (Lipinski definition) is 4. The quantitative estimate of drug-likeness (QED) is 0.128. The minimum atomic E-state index is 0. The zero-order valence-electron chi connectivity index (χ0n) is 34.2. The summed E-state index contributed by atoms with van der Waals surface area (Å²) >= 11 is 6.37. The Morgan fingerprint density at radius 2 is 0.431 bits per heavy atom. The number of aromatic nitrogens is 4. The molecule has 0 bridgehead atoms. The smallest absolute Gasteiger partial charge is 0.128 e. The number of thiazole rings is 4. The van der Waals surface area contributed by atoms with E-state index in [0.717, 1.165) is 83.2 Å². The Bertz CT molecular complexity index is 2920. The van der Waals surface area contributed by atoms with E-state index in [0.29, 0.717) is 0 Å². The molecule has 316 valence electrons. The molecule has 0 saturated heterocycles. The number of fused-ring (bicyclic) bond motifs is 4. The maximum atomic E-state index is 9.76. The molecular formula is C52H36HfN4O4S4. The summed E-state index contributed by atoms with van der Waals surface area (Å²) in [6.45, 7) is 0. The normalized spacial score (nSPS) is 10.6. The predicted molar refractivity (Wildman–Crippen MR) is 267 cm³/mol. The van der Waals surface area contributed by atoms with E-state index in [2.05, 4.69) is 19.9 Å². The van der Waals surface area contributed by atoms with Crippen LogP contribution in [0.1, 0.15) is 0 Å². The summed E-state index contributed by atoms with van der Waals surface area (Å²) in [5.41, 5.74) is 7.09. The maximum Gasteiger partial charge on any atom is 0.128 e. The number of nitrogens with zero attached hydrogens (tertiary/aromatic N) is 4. The van der Waals surface area contributed by atoms with E-state index in [-0.39, 0.29) is 48.8 Å². The van der Waals surface area contributed by atoms with Crippen LogP contribution in [0.3, 0.4) is 0 Å². The summed E-state index contributed by atoms with van der Waals surface area (Å²) in [5, 5.41) is 42.5. The fraction of sp³-hybridized carbons (Fsp3) is 0. The van der Waals surface area contributed by atoms with Gasteiger partial charge in [0.1, 0.15) is 43.0 Å². The zero-order chi connectivity index (χ0) is 43.8. The molecule has 0 saturated carbocycles. The van der Waals surface area contributed by atoms with Crippen molar-refractivity contribution in [2.24, 2.45) is 0 Å². The van der Waals surface area contributed by atoms with Crippen LogP contribution in [0.15, 0.2) is 194 Å². The molecular weight excluding hydrogens is 1050 g/mol. The molecule has 0 atom stereocenters. The average molecular weight is 1090 g/mol. The van der Waals surface area contributed by atoms with Gasteiger partial charge >= 0.3 is 0 Å². The summed E-state index contributed by atoms with van der Waals surface area (Å²) in [4.78, 5) is 18.0. The van der Waals surface area contributed by atoms with Gasteiger partial charge in [-0.15, -0.1) is 45.3 Å². The van der Waals surface area contributed by atoms with Crippen molar-refractivity contribution in [3.05, 3.63) is 194 Å². The Hall–Kier alpha value is -6.61. The third kappa shape index (κ3) is 10.5. The van der Waals surface area contributed by atoms with Crippen molar-refractivity contribution in [1.29, 1.82) is 0 Å². The molecule has 4 aromatic heterocycles. The van der Waals surface area contributed by atoms with Crippen molar-refractivity contribution in [2.75, 3.05) is 0 Å². The summed E-state index contributed by atoms with van der Waals surface area (Å²) < 4.78 is 4.56. The minimum Gasteiger partial charge on any atom is -0.507 e. The molecule has 13 heteroatoms. The Morgan fingerprint density at radius 3 is 0.631 bits per heavy atom. The molecule has 8 nitrogen and oxygen atoms in total. The monoisotopic (exact) mass is 1090 g/mol. The van der Waals surface area contributed by atoms with E-state index >= 15 is 0 Å². The molecule has 4 heterocycles. The molecule has 12 aromatic rings. The molecule has 0 radical (unpaired) electrons. The number of hydrogen-bond acceptors (Lipinski definition) is 12.